The van der Waals surface area contributed by atoms with E-state index in [1.165, 1.54) is 0 Å². The molecule has 0 atom stereocenters. The summed E-state index contributed by atoms with van der Waals surface area (Å²) in [4.78, 5) is 5.02. The molecule has 0 amide bonds. The molecule has 0 aromatic heterocycles. The van der Waals surface area contributed by atoms with Gasteiger partial charge in [0.15, 0.2) is 0 Å². The molecule has 0 radical (unpaired) electrons. The lowest BCUT2D eigenvalue weighted by Gasteiger charge is -2.26. The largest absolute Gasteiger partial charge is 0.494 e. The lowest BCUT2D eigenvalue weighted by molar-refractivity contribution is 0.190. The summed E-state index contributed by atoms with van der Waals surface area (Å²) in [5.74, 6) is 1.92. The summed E-state index contributed by atoms with van der Waals surface area (Å²) in [5.41, 5.74) is 0. The number of hydrogen-bond donors (Lipinski definition) is 0. The fourth-order valence-corrected chi connectivity index (χ4v) is 3.13. The fraction of sp³-hybridized carbons (Fsp3) is 0.500. The summed E-state index contributed by atoms with van der Waals surface area (Å²) >= 11 is 0. The van der Waals surface area contributed by atoms with Crippen LogP contribution in [0.25, 0.3) is 0 Å². The van der Waals surface area contributed by atoms with Crippen LogP contribution in [-0.4, -0.2) is 62.3 Å². The van der Waals surface area contributed by atoms with Crippen LogP contribution in [0.2, 0.25) is 0 Å². The minimum Gasteiger partial charge on any atom is -0.494 e. The maximum absolute atomic E-state index is 5.80. The van der Waals surface area contributed by atoms with Crippen LogP contribution in [0.5, 0.6) is 11.5 Å². The number of para-hydroxylation sites is 2. The number of ether oxygens (including phenoxy) is 2. The summed E-state index contributed by atoms with van der Waals surface area (Å²) in [6, 6.07) is 20.1. The fourth-order valence-electron chi connectivity index (χ4n) is 3.13. The van der Waals surface area contributed by atoms with Crippen molar-refractivity contribution in [3.05, 3.63) is 60.7 Å². The molecule has 0 unspecified atom stereocenters. The number of benzene rings is 2. The Labute approximate surface area is 195 Å². The van der Waals surface area contributed by atoms with Crippen LogP contribution in [0.3, 0.4) is 0 Å². The summed E-state index contributed by atoms with van der Waals surface area (Å²) < 4.78 is 11.6. The molecule has 0 fully saturated rings. The van der Waals surface area contributed by atoms with Crippen molar-refractivity contribution < 1.29 is 9.47 Å². The molecule has 30 heavy (non-hydrogen) atoms. The summed E-state index contributed by atoms with van der Waals surface area (Å²) in [6.45, 7) is 12.6. The Morgan fingerprint density at radius 1 is 0.567 bits per heavy atom. The van der Waals surface area contributed by atoms with Crippen molar-refractivity contribution in [1.82, 2.24) is 9.80 Å². The first-order valence-electron chi connectivity index (χ1n) is 10.6. The first-order chi connectivity index (χ1) is 13.8. The van der Waals surface area contributed by atoms with E-state index in [4.69, 9.17) is 9.47 Å². The Bertz CT molecular complexity index is 562. The van der Waals surface area contributed by atoms with E-state index < -0.39 is 0 Å². The predicted molar refractivity (Wildman–Crippen MR) is 132 cm³/mol. The van der Waals surface area contributed by atoms with Crippen LogP contribution in [0, 0.1) is 0 Å². The lowest BCUT2D eigenvalue weighted by atomic mass is 10.3. The Hall–Kier alpha value is -1.46. The first kappa shape index (κ1) is 28.5. The van der Waals surface area contributed by atoms with Crippen molar-refractivity contribution in [2.75, 3.05) is 52.5 Å². The van der Waals surface area contributed by atoms with Gasteiger partial charge in [-0.3, -0.25) is 0 Å². The van der Waals surface area contributed by atoms with Crippen molar-refractivity contribution in [3.8, 4) is 11.5 Å². The molecule has 0 aliphatic heterocycles. The Morgan fingerprint density at radius 3 is 1.27 bits per heavy atom. The van der Waals surface area contributed by atoms with Gasteiger partial charge in [-0.15, -0.1) is 24.8 Å². The van der Waals surface area contributed by atoms with Crippen molar-refractivity contribution in [3.63, 3.8) is 0 Å². The minimum atomic E-state index is 0. The minimum absolute atomic E-state index is 0. The molecule has 6 heteroatoms. The Kier molecular flexibility index (Phi) is 17.4. The van der Waals surface area contributed by atoms with Crippen molar-refractivity contribution >= 4 is 24.8 Å². The number of halogens is 2. The van der Waals surface area contributed by atoms with E-state index in [0.717, 1.165) is 76.8 Å². The normalized spacial score (nSPS) is 10.4. The van der Waals surface area contributed by atoms with E-state index in [0.29, 0.717) is 0 Å². The third-order valence-corrected chi connectivity index (χ3v) is 4.89. The first-order valence-corrected chi connectivity index (χ1v) is 10.6. The van der Waals surface area contributed by atoms with E-state index in [1.54, 1.807) is 0 Å². The smallest absolute Gasteiger partial charge is 0.119 e. The monoisotopic (exact) mass is 456 g/mol. The van der Waals surface area contributed by atoms with E-state index in [-0.39, 0.29) is 24.8 Å². The molecule has 2 aromatic carbocycles. The molecule has 0 heterocycles. The van der Waals surface area contributed by atoms with Crippen LogP contribution in [0.1, 0.15) is 26.7 Å². The molecule has 2 rings (SSSR count). The molecule has 0 saturated heterocycles. The second-order valence-electron chi connectivity index (χ2n) is 6.90. The van der Waals surface area contributed by atoms with Crippen LogP contribution in [-0.2, 0) is 0 Å². The lowest BCUT2D eigenvalue weighted by Crippen LogP contribution is -2.36. The van der Waals surface area contributed by atoms with Gasteiger partial charge in [0.2, 0.25) is 0 Å². The highest BCUT2D eigenvalue weighted by atomic mass is 35.5. The van der Waals surface area contributed by atoms with Crippen LogP contribution in [0.15, 0.2) is 60.7 Å². The van der Waals surface area contributed by atoms with E-state index in [1.807, 2.05) is 60.7 Å². The molecule has 0 saturated carbocycles. The summed E-state index contributed by atoms with van der Waals surface area (Å²) in [7, 11) is 0. The highest BCUT2D eigenvalue weighted by Gasteiger charge is 2.07. The third-order valence-electron chi connectivity index (χ3n) is 4.89. The molecule has 0 spiro atoms. The zero-order valence-corrected chi connectivity index (χ0v) is 20.0. The highest BCUT2D eigenvalue weighted by molar-refractivity contribution is 5.85. The van der Waals surface area contributed by atoms with E-state index in [2.05, 4.69) is 23.6 Å². The Balaban J connectivity index is 0.00000420. The van der Waals surface area contributed by atoms with Gasteiger partial charge in [0.25, 0.3) is 0 Å². The molecule has 2 aromatic rings. The SMILES string of the molecule is CCN(CCCOc1ccccc1)CCN(CC)CCCOc1ccccc1.Cl.Cl. The second kappa shape index (κ2) is 18.3. The number of rotatable bonds is 15. The van der Waals surface area contributed by atoms with Gasteiger partial charge >= 0.3 is 0 Å². The van der Waals surface area contributed by atoms with E-state index in [9.17, 15) is 0 Å². The van der Waals surface area contributed by atoms with Gasteiger partial charge in [-0.05, 0) is 50.2 Å². The van der Waals surface area contributed by atoms with Crippen LogP contribution in [0.4, 0.5) is 0 Å². The molecule has 0 bridgehead atoms. The predicted octanol–water partition coefficient (Wildman–Crippen LogP) is 5.41. The van der Waals surface area contributed by atoms with Gasteiger partial charge in [0.1, 0.15) is 11.5 Å². The highest BCUT2D eigenvalue weighted by Crippen LogP contribution is 2.09. The molecular formula is C24H38Cl2N2O2. The molecule has 4 nitrogen and oxygen atoms in total. The number of likely N-dealkylation sites (N-methyl/N-ethyl adjacent to an activating group) is 2. The average Bonchev–Trinajstić information content (AvgIpc) is 2.76. The zero-order valence-electron chi connectivity index (χ0n) is 18.4. The molecule has 0 aliphatic carbocycles. The van der Waals surface area contributed by atoms with Crippen molar-refractivity contribution in [2.24, 2.45) is 0 Å². The van der Waals surface area contributed by atoms with Gasteiger partial charge in [-0.1, -0.05) is 50.2 Å². The molecule has 0 N–H and O–H groups in total. The maximum atomic E-state index is 5.80. The molecule has 0 aliphatic rings. The van der Waals surface area contributed by atoms with Gasteiger partial charge in [-0.25, -0.2) is 0 Å². The van der Waals surface area contributed by atoms with Crippen LogP contribution >= 0.6 is 24.8 Å². The standard InChI is InChI=1S/C24H36N2O2.2ClH/c1-3-25(17-11-21-27-23-13-7-5-8-14-23)19-20-26(4-2)18-12-22-28-24-15-9-6-10-16-24;;/h5-10,13-16H,3-4,11-12,17-22H2,1-2H3;2*1H. The summed E-state index contributed by atoms with van der Waals surface area (Å²) in [5, 5.41) is 0. The second-order valence-corrected chi connectivity index (χ2v) is 6.90. The van der Waals surface area contributed by atoms with Crippen molar-refractivity contribution in [1.29, 1.82) is 0 Å². The van der Waals surface area contributed by atoms with E-state index >= 15 is 0 Å². The van der Waals surface area contributed by atoms with Gasteiger partial charge in [0, 0.05) is 26.2 Å². The van der Waals surface area contributed by atoms with Gasteiger partial charge < -0.3 is 19.3 Å². The quantitative estimate of drug-likeness (QED) is 0.334. The average molecular weight is 457 g/mol. The third kappa shape index (κ3) is 12.3. The summed E-state index contributed by atoms with van der Waals surface area (Å²) in [6.07, 6.45) is 2.11. The molecular weight excluding hydrogens is 419 g/mol. The topological polar surface area (TPSA) is 24.9 Å². The zero-order chi connectivity index (χ0) is 19.9. The Morgan fingerprint density at radius 2 is 0.933 bits per heavy atom. The maximum Gasteiger partial charge on any atom is 0.119 e. The van der Waals surface area contributed by atoms with Crippen LogP contribution < -0.4 is 9.47 Å². The number of nitrogens with zero attached hydrogens (tertiary/aromatic N) is 2. The van der Waals surface area contributed by atoms with Gasteiger partial charge in [-0.2, -0.15) is 0 Å². The number of hydrogen-bond acceptors (Lipinski definition) is 4. The van der Waals surface area contributed by atoms with Gasteiger partial charge in [0.05, 0.1) is 13.2 Å². The van der Waals surface area contributed by atoms with Crippen molar-refractivity contribution in [2.45, 2.75) is 26.7 Å². The molecule has 170 valence electrons.